The van der Waals surface area contributed by atoms with Crippen molar-refractivity contribution in [1.29, 1.82) is 0 Å². The number of ether oxygens (including phenoxy) is 1. The van der Waals surface area contributed by atoms with Gasteiger partial charge >= 0.3 is 0 Å². The molecular formula is C17H28N2O. The van der Waals surface area contributed by atoms with Gasteiger partial charge in [0.1, 0.15) is 5.75 Å². The molecule has 0 aliphatic carbocycles. The number of hydrogen-bond donors (Lipinski definition) is 1. The first-order chi connectivity index (χ1) is 9.85. The Kier molecular flexibility index (Phi) is 6.34. The summed E-state index contributed by atoms with van der Waals surface area (Å²) in [4.78, 5) is 2.55. The molecular weight excluding hydrogens is 248 g/mol. The van der Waals surface area contributed by atoms with Gasteiger partial charge in [-0.3, -0.25) is 4.90 Å². The van der Waals surface area contributed by atoms with Gasteiger partial charge in [-0.05, 0) is 50.0 Å². The van der Waals surface area contributed by atoms with E-state index in [-0.39, 0.29) is 0 Å². The maximum absolute atomic E-state index is 6.03. The highest BCUT2D eigenvalue weighted by Gasteiger charge is 2.20. The molecule has 3 nitrogen and oxygen atoms in total. The number of nitrogens with zero attached hydrogens (tertiary/aromatic N) is 1. The van der Waals surface area contributed by atoms with Gasteiger partial charge in [-0.2, -0.15) is 0 Å². The summed E-state index contributed by atoms with van der Waals surface area (Å²) in [6, 6.07) is 8.85. The van der Waals surface area contributed by atoms with Gasteiger partial charge in [0, 0.05) is 12.6 Å². The molecule has 2 N–H and O–H groups in total. The average molecular weight is 276 g/mol. The summed E-state index contributed by atoms with van der Waals surface area (Å²) in [5, 5.41) is 0. The summed E-state index contributed by atoms with van der Waals surface area (Å²) >= 11 is 0. The normalized spacial score (nSPS) is 18.5. The molecule has 1 aromatic carbocycles. The van der Waals surface area contributed by atoms with Crippen molar-refractivity contribution in [1.82, 2.24) is 4.90 Å². The van der Waals surface area contributed by atoms with Crippen LogP contribution in [0.4, 0.5) is 0 Å². The van der Waals surface area contributed by atoms with Crippen LogP contribution in [0, 0.1) is 0 Å². The molecule has 0 saturated carbocycles. The van der Waals surface area contributed by atoms with E-state index < -0.39 is 0 Å². The lowest BCUT2D eigenvalue weighted by molar-refractivity contribution is 0.209. The first-order valence-corrected chi connectivity index (χ1v) is 8.02. The first-order valence-electron chi connectivity index (χ1n) is 8.02. The van der Waals surface area contributed by atoms with Gasteiger partial charge in [0.25, 0.3) is 0 Å². The molecule has 2 rings (SSSR count). The summed E-state index contributed by atoms with van der Waals surface area (Å²) in [7, 11) is 0. The van der Waals surface area contributed by atoms with Crippen LogP contribution in [0.5, 0.6) is 5.75 Å². The maximum atomic E-state index is 6.03. The van der Waals surface area contributed by atoms with Gasteiger partial charge in [0.05, 0.1) is 6.61 Å². The van der Waals surface area contributed by atoms with E-state index in [9.17, 15) is 0 Å². The molecule has 1 fully saturated rings. The minimum atomic E-state index is 0.355. The topological polar surface area (TPSA) is 38.5 Å². The predicted octanol–water partition coefficient (Wildman–Crippen LogP) is 3.35. The zero-order chi connectivity index (χ0) is 14.2. The number of benzene rings is 1. The van der Waals surface area contributed by atoms with E-state index in [0.717, 1.165) is 18.8 Å². The minimum absolute atomic E-state index is 0.355. The SMILES string of the molecule is CCCOc1ccc(C(CN)N2CCCCCC2)cc1. The van der Waals surface area contributed by atoms with Crippen LogP contribution in [0.25, 0.3) is 0 Å². The van der Waals surface area contributed by atoms with Crippen molar-refractivity contribution in [2.45, 2.75) is 45.1 Å². The molecule has 0 spiro atoms. The Bertz CT molecular complexity index is 369. The van der Waals surface area contributed by atoms with Crippen LogP contribution in [0.2, 0.25) is 0 Å². The van der Waals surface area contributed by atoms with Gasteiger partial charge in [-0.1, -0.05) is 31.9 Å². The van der Waals surface area contributed by atoms with Gasteiger partial charge in [0.15, 0.2) is 0 Å². The van der Waals surface area contributed by atoms with Crippen LogP contribution in [0.1, 0.15) is 50.6 Å². The van der Waals surface area contributed by atoms with E-state index >= 15 is 0 Å². The standard InChI is InChI=1S/C17H28N2O/c1-2-13-20-16-9-7-15(8-10-16)17(14-18)19-11-5-3-4-6-12-19/h7-10,17H,2-6,11-14,18H2,1H3. The van der Waals surface area contributed by atoms with Gasteiger partial charge < -0.3 is 10.5 Å². The lowest BCUT2D eigenvalue weighted by Gasteiger charge is -2.30. The van der Waals surface area contributed by atoms with E-state index in [1.807, 2.05) is 0 Å². The zero-order valence-electron chi connectivity index (χ0n) is 12.7. The second-order valence-corrected chi connectivity index (χ2v) is 5.62. The largest absolute Gasteiger partial charge is 0.494 e. The number of nitrogens with two attached hydrogens (primary N) is 1. The molecule has 0 amide bonds. The molecule has 0 radical (unpaired) electrons. The van der Waals surface area contributed by atoms with Crippen LogP contribution in [-0.2, 0) is 0 Å². The molecule has 0 bridgehead atoms. The van der Waals surface area contributed by atoms with Crippen molar-refractivity contribution in [3.63, 3.8) is 0 Å². The van der Waals surface area contributed by atoms with Crippen molar-refractivity contribution < 1.29 is 4.74 Å². The van der Waals surface area contributed by atoms with Crippen molar-refractivity contribution in [2.24, 2.45) is 5.73 Å². The molecule has 1 heterocycles. The highest BCUT2D eigenvalue weighted by Crippen LogP contribution is 2.25. The lowest BCUT2D eigenvalue weighted by atomic mass is 10.0. The molecule has 1 aliphatic rings. The van der Waals surface area contributed by atoms with E-state index in [2.05, 4.69) is 36.1 Å². The van der Waals surface area contributed by atoms with E-state index in [1.165, 1.54) is 44.3 Å². The third-order valence-corrected chi connectivity index (χ3v) is 4.04. The van der Waals surface area contributed by atoms with Gasteiger partial charge in [-0.25, -0.2) is 0 Å². The quantitative estimate of drug-likeness (QED) is 0.866. The number of likely N-dealkylation sites (tertiary alicyclic amines) is 1. The third-order valence-electron chi connectivity index (χ3n) is 4.04. The van der Waals surface area contributed by atoms with E-state index in [1.54, 1.807) is 0 Å². The number of rotatable bonds is 6. The first kappa shape index (κ1) is 15.3. The Morgan fingerprint density at radius 2 is 1.75 bits per heavy atom. The van der Waals surface area contributed by atoms with Crippen LogP contribution in [0.3, 0.4) is 0 Å². The third kappa shape index (κ3) is 4.22. The Morgan fingerprint density at radius 1 is 1.10 bits per heavy atom. The Balaban J connectivity index is 2.02. The molecule has 20 heavy (non-hydrogen) atoms. The Hall–Kier alpha value is -1.06. The van der Waals surface area contributed by atoms with Gasteiger partial charge in [0.2, 0.25) is 0 Å². The summed E-state index contributed by atoms with van der Waals surface area (Å²) in [5.74, 6) is 0.960. The van der Waals surface area contributed by atoms with E-state index in [0.29, 0.717) is 12.6 Å². The molecule has 1 aromatic rings. The van der Waals surface area contributed by atoms with Crippen LogP contribution in [-0.4, -0.2) is 31.1 Å². The number of hydrogen-bond acceptors (Lipinski definition) is 3. The fourth-order valence-electron chi connectivity index (χ4n) is 2.91. The second-order valence-electron chi connectivity index (χ2n) is 5.62. The van der Waals surface area contributed by atoms with Crippen molar-refractivity contribution in [2.75, 3.05) is 26.2 Å². The second kappa shape index (κ2) is 8.28. The Morgan fingerprint density at radius 3 is 2.30 bits per heavy atom. The fourth-order valence-corrected chi connectivity index (χ4v) is 2.91. The van der Waals surface area contributed by atoms with Crippen molar-refractivity contribution in [3.8, 4) is 5.75 Å². The van der Waals surface area contributed by atoms with Crippen LogP contribution in [0.15, 0.2) is 24.3 Å². The monoisotopic (exact) mass is 276 g/mol. The summed E-state index contributed by atoms with van der Waals surface area (Å²) in [6.07, 6.45) is 6.36. The summed E-state index contributed by atoms with van der Waals surface area (Å²) in [6.45, 7) is 5.95. The van der Waals surface area contributed by atoms with Crippen molar-refractivity contribution >= 4 is 0 Å². The molecule has 3 heteroatoms. The fraction of sp³-hybridized carbons (Fsp3) is 0.647. The zero-order valence-corrected chi connectivity index (χ0v) is 12.7. The summed E-state index contributed by atoms with van der Waals surface area (Å²) < 4.78 is 5.64. The average Bonchev–Trinajstić information content (AvgIpc) is 2.76. The van der Waals surface area contributed by atoms with Crippen LogP contribution < -0.4 is 10.5 Å². The molecule has 1 aliphatic heterocycles. The lowest BCUT2D eigenvalue weighted by Crippen LogP contribution is -2.34. The maximum Gasteiger partial charge on any atom is 0.119 e. The Labute approximate surface area is 123 Å². The molecule has 1 unspecified atom stereocenters. The smallest absolute Gasteiger partial charge is 0.119 e. The van der Waals surface area contributed by atoms with Gasteiger partial charge in [-0.15, -0.1) is 0 Å². The van der Waals surface area contributed by atoms with Crippen molar-refractivity contribution in [3.05, 3.63) is 29.8 Å². The molecule has 0 aromatic heterocycles. The molecule has 1 saturated heterocycles. The van der Waals surface area contributed by atoms with Crippen LogP contribution >= 0.6 is 0 Å². The molecule has 112 valence electrons. The summed E-state index contributed by atoms with van der Waals surface area (Å²) in [5.41, 5.74) is 7.35. The highest BCUT2D eigenvalue weighted by atomic mass is 16.5. The molecule has 1 atom stereocenters. The van der Waals surface area contributed by atoms with E-state index in [4.69, 9.17) is 10.5 Å². The highest BCUT2D eigenvalue weighted by molar-refractivity contribution is 5.29. The minimum Gasteiger partial charge on any atom is -0.494 e. The predicted molar refractivity (Wildman–Crippen MR) is 84.1 cm³/mol.